The van der Waals surface area contributed by atoms with E-state index in [-0.39, 0.29) is 17.8 Å². The molecule has 1 fully saturated rings. The van der Waals surface area contributed by atoms with E-state index in [1.54, 1.807) is 16.8 Å². The average Bonchev–Trinajstić information content (AvgIpc) is 3.44. The highest BCUT2D eigenvalue weighted by molar-refractivity contribution is 6.42. The van der Waals surface area contributed by atoms with Gasteiger partial charge >= 0.3 is 6.01 Å². The van der Waals surface area contributed by atoms with Crippen LogP contribution >= 0.6 is 23.2 Å². The third-order valence-electron chi connectivity index (χ3n) is 4.28. The molecule has 1 amide bonds. The number of carbonyl (C=O) groups is 1. The second kappa shape index (κ2) is 7.21. The number of anilines is 1. The van der Waals surface area contributed by atoms with Crippen LogP contribution in [0.2, 0.25) is 10.0 Å². The van der Waals surface area contributed by atoms with Crippen LogP contribution in [-0.4, -0.2) is 27.8 Å². The minimum Gasteiger partial charge on any atom is -0.466 e. The molecular weight excluding hydrogens is 387 g/mol. The number of nitrogens with one attached hydrogen (secondary N) is 1. The lowest BCUT2D eigenvalue weighted by Crippen LogP contribution is -2.13. The van der Waals surface area contributed by atoms with Crippen molar-refractivity contribution in [3.63, 3.8) is 0 Å². The van der Waals surface area contributed by atoms with Crippen molar-refractivity contribution in [3.8, 4) is 23.1 Å². The Balaban J connectivity index is 1.67. The van der Waals surface area contributed by atoms with Crippen molar-refractivity contribution in [2.75, 3.05) is 12.4 Å². The molecule has 1 aliphatic carbocycles. The van der Waals surface area contributed by atoms with Crippen LogP contribution < -0.4 is 10.1 Å². The van der Waals surface area contributed by atoms with Crippen molar-refractivity contribution in [2.45, 2.75) is 12.8 Å². The van der Waals surface area contributed by atoms with Crippen molar-refractivity contribution in [1.29, 1.82) is 0 Å². The molecule has 0 unspecified atom stereocenters. The maximum Gasteiger partial charge on any atom is 0.336 e. The molecule has 0 aliphatic heterocycles. The molecule has 8 heteroatoms. The molecule has 2 aromatic carbocycles. The standard InChI is InChI=1S/C19H16Cl2N4O2/c1-27-19-23-17(12-4-9-15(20)16(21)10-12)25(24-19)14-7-5-13(6-8-14)22-18(26)11-2-3-11/h4-11H,2-3H2,1H3,(H,22,26). The largest absolute Gasteiger partial charge is 0.466 e. The van der Waals surface area contributed by atoms with Crippen LogP contribution in [0.25, 0.3) is 17.1 Å². The van der Waals surface area contributed by atoms with E-state index in [9.17, 15) is 4.79 Å². The minimum atomic E-state index is 0.0710. The lowest BCUT2D eigenvalue weighted by atomic mass is 10.2. The third kappa shape index (κ3) is 3.77. The summed E-state index contributed by atoms with van der Waals surface area (Å²) in [5, 5.41) is 8.19. The summed E-state index contributed by atoms with van der Waals surface area (Å²) >= 11 is 12.2. The van der Waals surface area contributed by atoms with E-state index in [0.29, 0.717) is 15.9 Å². The maximum atomic E-state index is 11.9. The molecule has 0 radical (unpaired) electrons. The molecule has 3 aromatic rings. The first-order valence-electron chi connectivity index (χ1n) is 8.43. The van der Waals surface area contributed by atoms with Crippen molar-refractivity contribution < 1.29 is 9.53 Å². The highest BCUT2D eigenvalue weighted by Gasteiger charge is 2.29. The molecule has 6 nitrogen and oxygen atoms in total. The number of amides is 1. The zero-order valence-corrected chi connectivity index (χ0v) is 16.0. The van der Waals surface area contributed by atoms with Gasteiger partial charge in [-0.25, -0.2) is 4.68 Å². The number of methoxy groups -OCH3 is 1. The van der Waals surface area contributed by atoms with Gasteiger partial charge in [0.05, 0.1) is 22.8 Å². The molecule has 1 aliphatic rings. The van der Waals surface area contributed by atoms with E-state index >= 15 is 0 Å². The summed E-state index contributed by atoms with van der Waals surface area (Å²) in [7, 11) is 1.51. The number of halogens is 2. The molecule has 0 atom stereocenters. The van der Waals surface area contributed by atoms with E-state index in [1.807, 2.05) is 30.3 Å². The van der Waals surface area contributed by atoms with Gasteiger partial charge in [0.2, 0.25) is 5.91 Å². The Labute approximate surface area is 166 Å². The van der Waals surface area contributed by atoms with E-state index < -0.39 is 0 Å². The van der Waals surface area contributed by atoms with Crippen LogP contribution in [0, 0.1) is 5.92 Å². The predicted octanol–water partition coefficient (Wildman–Crippen LogP) is 4.60. The predicted molar refractivity (Wildman–Crippen MR) is 105 cm³/mol. The van der Waals surface area contributed by atoms with Crippen LogP contribution in [0.3, 0.4) is 0 Å². The molecule has 1 N–H and O–H groups in total. The first kappa shape index (κ1) is 17.8. The fourth-order valence-electron chi connectivity index (χ4n) is 2.66. The van der Waals surface area contributed by atoms with Gasteiger partial charge in [-0.1, -0.05) is 23.2 Å². The Morgan fingerprint density at radius 2 is 1.89 bits per heavy atom. The van der Waals surface area contributed by atoms with Crippen molar-refractivity contribution in [3.05, 3.63) is 52.5 Å². The second-order valence-corrected chi connectivity index (χ2v) is 7.09. The normalized spacial score (nSPS) is 13.4. The monoisotopic (exact) mass is 402 g/mol. The molecule has 1 aromatic heterocycles. The number of rotatable bonds is 5. The first-order valence-corrected chi connectivity index (χ1v) is 9.18. The lowest BCUT2D eigenvalue weighted by Gasteiger charge is -2.08. The van der Waals surface area contributed by atoms with E-state index in [0.717, 1.165) is 29.8 Å². The third-order valence-corrected chi connectivity index (χ3v) is 5.01. The van der Waals surface area contributed by atoms with Crippen molar-refractivity contribution >= 4 is 34.8 Å². The maximum absolute atomic E-state index is 11.9. The Kier molecular flexibility index (Phi) is 4.76. The molecule has 0 spiro atoms. The van der Waals surface area contributed by atoms with Gasteiger partial charge in [-0.05, 0) is 55.3 Å². The molecule has 1 heterocycles. The Morgan fingerprint density at radius 3 is 2.52 bits per heavy atom. The highest BCUT2D eigenvalue weighted by Crippen LogP contribution is 2.31. The van der Waals surface area contributed by atoms with Crippen LogP contribution in [0.5, 0.6) is 6.01 Å². The summed E-state index contributed by atoms with van der Waals surface area (Å²) in [6, 6.07) is 12.9. The smallest absolute Gasteiger partial charge is 0.336 e. The number of aromatic nitrogens is 3. The average molecular weight is 403 g/mol. The van der Waals surface area contributed by atoms with Gasteiger partial charge in [0, 0.05) is 17.2 Å². The van der Waals surface area contributed by atoms with Gasteiger partial charge in [-0.3, -0.25) is 4.79 Å². The molecule has 138 valence electrons. The van der Waals surface area contributed by atoms with Crippen molar-refractivity contribution in [1.82, 2.24) is 14.8 Å². The quantitative estimate of drug-likeness (QED) is 0.676. The van der Waals surface area contributed by atoms with E-state index in [4.69, 9.17) is 27.9 Å². The SMILES string of the molecule is COc1nc(-c2ccc(Cl)c(Cl)c2)n(-c2ccc(NC(=O)C3CC3)cc2)n1. The second-order valence-electron chi connectivity index (χ2n) is 6.27. The van der Waals surface area contributed by atoms with Gasteiger partial charge in [-0.2, -0.15) is 4.98 Å². The minimum absolute atomic E-state index is 0.0710. The Hall–Kier alpha value is -2.57. The fourth-order valence-corrected chi connectivity index (χ4v) is 2.96. The van der Waals surface area contributed by atoms with Gasteiger partial charge in [-0.15, -0.1) is 5.10 Å². The summed E-state index contributed by atoms with van der Waals surface area (Å²) in [4.78, 5) is 16.3. The lowest BCUT2D eigenvalue weighted by molar-refractivity contribution is -0.117. The fraction of sp³-hybridized carbons (Fsp3) is 0.211. The molecule has 4 rings (SSSR count). The number of hydrogen-bond acceptors (Lipinski definition) is 4. The summed E-state index contributed by atoms with van der Waals surface area (Å²) in [5.74, 6) is 0.798. The highest BCUT2D eigenvalue weighted by atomic mass is 35.5. The van der Waals surface area contributed by atoms with Crippen LogP contribution in [-0.2, 0) is 4.79 Å². The molecule has 0 bridgehead atoms. The molecule has 0 saturated heterocycles. The number of nitrogens with zero attached hydrogens (tertiary/aromatic N) is 3. The summed E-state index contributed by atoms with van der Waals surface area (Å²) in [6.45, 7) is 0. The van der Waals surface area contributed by atoms with Gasteiger partial charge < -0.3 is 10.1 Å². The number of benzene rings is 2. The molecule has 27 heavy (non-hydrogen) atoms. The van der Waals surface area contributed by atoms with Gasteiger partial charge in [0.15, 0.2) is 5.82 Å². The topological polar surface area (TPSA) is 69.0 Å². The Bertz CT molecular complexity index is 997. The van der Waals surface area contributed by atoms with Gasteiger partial charge in [0.25, 0.3) is 0 Å². The summed E-state index contributed by atoms with van der Waals surface area (Å²) in [5.41, 5.74) is 2.28. The summed E-state index contributed by atoms with van der Waals surface area (Å²) < 4.78 is 6.84. The zero-order chi connectivity index (χ0) is 19.0. The zero-order valence-electron chi connectivity index (χ0n) is 14.4. The number of hydrogen-bond donors (Lipinski definition) is 1. The van der Waals surface area contributed by atoms with Crippen LogP contribution in [0.15, 0.2) is 42.5 Å². The number of carbonyl (C=O) groups excluding carboxylic acids is 1. The Morgan fingerprint density at radius 1 is 1.15 bits per heavy atom. The van der Waals surface area contributed by atoms with E-state index in [2.05, 4.69) is 15.4 Å². The van der Waals surface area contributed by atoms with E-state index in [1.165, 1.54) is 7.11 Å². The van der Waals surface area contributed by atoms with Gasteiger partial charge in [0.1, 0.15) is 0 Å². The van der Waals surface area contributed by atoms with Crippen LogP contribution in [0.1, 0.15) is 12.8 Å². The van der Waals surface area contributed by atoms with Crippen LogP contribution in [0.4, 0.5) is 5.69 Å². The van der Waals surface area contributed by atoms with Crippen molar-refractivity contribution in [2.24, 2.45) is 5.92 Å². The summed E-state index contributed by atoms with van der Waals surface area (Å²) in [6.07, 6.45) is 1.94. The molecular formula is C19H16Cl2N4O2. The molecule has 1 saturated carbocycles. The number of ether oxygens (including phenoxy) is 1. The first-order chi connectivity index (χ1) is 13.0.